The van der Waals surface area contributed by atoms with Crippen LogP contribution in [0.15, 0.2) is 24.4 Å². The van der Waals surface area contributed by atoms with Gasteiger partial charge in [0, 0.05) is 11.9 Å². The standard InChI is InChI=1S/C16H23NO4/c1-11(2)20-15(18)14(16(19)21-12(3)4)9-8-13-7-5-6-10-17-13/h5-7,10-12,14H,8-9H2,1-4H3. The van der Waals surface area contributed by atoms with Crippen molar-refractivity contribution in [3.63, 3.8) is 0 Å². The third-order valence-corrected chi connectivity index (χ3v) is 2.69. The summed E-state index contributed by atoms with van der Waals surface area (Å²) in [6, 6.07) is 5.55. The number of hydrogen-bond acceptors (Lipinski definition) is 5. The Morgan fingerprint density at radius 3 is 2.05 bits per heavy atom. The van der Waals surface area contributed by atoms with Gasteiger partial charge in [0.25, 0.3) is 0 Å². The van der Waals surface area contributed by atoms with Crippen molar-refractivity contribution in [3.8, 4) is 0 Å². The normalized spacial score (nSPS) is 11.0. The Morgan fingerprint density at radius 1 is 1.05 bits per heavy atom. The maximum absolute atomic E-state index is 12.1. The number of esters is 2. The van der Waals surface area contributed by atoms with Crippen LogP contribution in [0.3, 0.4) is 0 Å². The average molecular weight is 293 g/mol. The highest BCUT2D eigenvalue weighted by atomic mass is 16.6. The van der Waals surface area contributed by atoms with E-state index in [1.54, 1.807) is 33.9 Å². The van der Waals surface area contributed by atoms with Crippen LogP contribution in [0.5, 0.6) is 0 Å². The quantitative estimate of drug-likeness (QED) is 0.571. The first-order chi connectivity index (χ1) is 9.90. The minimum absolute atomic E-state index is 0.262. The van der Waals surface area contributed by atoms with Crippen LogP contribution in [0.4, 0.5) is 0 Å². The molecule has 0 amide bonds. The number of aromatic nitrogens is 1. The fourth-order valence-electron chi connectivity index (χ4n) is 1.80. The number of carbonyl (C=O) groups excluding carboxylic acids is 2. The van der Waals surface area contributed by atoms with Crippen molar-refractivity contribution >= 4 is 11.9 Å². The molecular formula is C16H23NO4. The molecular weight excluding hydrogens is 270 g/mol. The fourth-order valence-corrected chi connectivity index (χ4v) is 1.80. The molecule has 0 bridgehead atoms. The van der Waals surface area contributed by atoms with Gasteiger partial charge in [0.05, 0.1) is 12.2 Å². The molecule has 0 saturated heterocycles. The molecule has 0 aliphatic rings. The van der Waals surface area contributed by atoms with E-state index in [1.165, 1.54) is 0 Å². The smallest absolute Gasteiger partial charge is 0.320 e. The lowest BCUT2D eigenvalue weighted by Gasteiger charge is -2.18. The summed E-state index contributed by atoms with van der Waals surface area (Å²) in [5, 5.41) is 0. The molecule has 0 unspecified atom stereocenters. The third-order valence-electron chi connectivity index (χ3n) is 2.69. The van der Waals surface area contributed by atoms with Crippen LogP contribution in [0, 0.1) is 5.92 Å². The van der Waals surface area contributed by atoms with Gasteiger partial charge in [-0.1, -0.05) is 6.07 Å². The highest BCUT2D eigenvalue weighted by Gasteiger charge is 2.30. The summed E-state index contributed by atoms with van der Waals surface area (Å²) in [5.41, 5.74) is 0.831. The maximum Gasteiger partial charge on any atom is 0.320 e. The molecule has 5 nitrogen and oxygen atoms in total. The Morgan fingerprint density at radius 2 is 1.62 bits per heavy atom. The van der Waals surface area contributed by atoms with Gasteiger partial charge in [-0.05, 0) is 52.7 Å². The topological polar surface area (TPSA) is 65.5 Å². The second-order valence-electron chi connectivity index (χ2n) is 5.38. The molecule has 0 aromatic carbocycles. The first-order valence-electron chi connectivity index (χ1n) is 7.21. The van der Waals surface area contributed by atoms with Crippen LogP contribution in [0.25, 0.3) is 0 Å². The van der Waals surface area contributed by atoms with Crippen molar-refractivity contribution in [2.24, 2.45) is 5.92 Å². The molecule has 0 N–H and O–H groups in total. The van der Waals surface area contributed by atoms with Gasteiger partial charge in [-0.25, -0.2) is 0 Å². The van der Waals surface area contributed by atoms with Crippen LogP contribution in [-0.4, -0.2) is 29.1 Å². The van der Waals surface area contributed by atoms with Crippen molar-refractivity contribution in [1.29, 1.82) is 0 Å². The van der Waals surface area contributed by atoms with Crippen molar-refractivity contribution in [1.82, 2.24) is 4.98 Å². The van der Waals surface area contributed by atoms with E-state index in [9.17, 15) is 9.59 Å². The van der Waals surface area contributed by atoms with Crippen LogP contribution in [0.1, 0.15) is 39.8 Å². The lowest BCUT2D eigenvalue weighted by molar-refractivity contribution is -0.166. The summed E-state index contributed by atoms with van der Waals surface area (Å²) in [5.74, 6) is -1.98. The van der Waals surface area contributed by atoms with Crippen LogP contribution in [0.2, 0.25) is 0 Å². The van der Waals surface area contributed by atoms with E-state index in [0.29, 0.717) is 12.8 Å². The predicted molar refractivity (Wildman–Crippen MR) is 78.5 cm³/mol. The molecule has 0 fully saturated rings. The van der Waals surface area contributed by atoms with Crippen molar-refractivity contribution < 1.29 is 19.1 Å². The molecule has 0 aliphatic heterocycles. The number of pyridine rings is 1. The monoisotopic (exact) mass is 293 g/mol. The number of aryl methyl sites for hydroxylation is 1. The Labute approximate surface area is 125 Å². The largest absolute Gasteiger partial charge is 0.462 e. The van der Waals surface area contributed by atoms with Crippen LogP contribution in [-0.2, 0) is 25.5 Å². The molecule has 0 spiro atoms. The second-order valence-corrected chi connectivity index (χ2v) is 5.38. The van der Waals surface area contributed by atoms with Crippen LogP contribution >= 0.6 is 0 Å². The molecule has 0 radical (unpaired) electrons. The summed E-state index contributed by atoms with van der Waals surface area (Å²) in [7, 11) is 0. The summed E-state index contributed by atoms with van der Waals surface area (Å²) in [6.45, 7) is 7.01. The maximum atomic E-state index is 12.1. The van der Waals surface area contributed by atoms with Gasteiger partial charge in [0.15, 0.2) is 5.92 Å². The Hall–Kier alpha value is -1.91. The van der Waals surface area contributed by atoms with E-state index in [4.69, 9.17) is 9.47 Å². The fraction of sp³-hybridized carbons (Fsp3) is 0.562. The number of ether oxygens (including phenoxy) is 2. The minimum atomic E-state index is -0.906. The molecule has 1 heterocycles. The highest BCUT2D eigenvalue weighted by Crippen LogP contribution is 2.14. The molecule has 1 rings (SSSR count). The molecule has 5 heteroatoms. The van der Waals surface area contributed by atoms with Crippen LogP contribution < -0.4 is 0 Å². The molecule has 116 valence electrons. The molecule has 0 aliphatic carbocycles. The van der Waals surface area contributed by atoms with E-state index >= 15 is 0 Å². The molecule has 0 atom stereocenters. The number of carbonyl (C=O) groups is 2. The zero-order valence-corrected chi connectivity index (χ0v) is 13.0. The average Bonchev–Trinajstić information content (AvgIpc) is 2.38. The predicted octanol–water partition coefficient (Wildman–Crippen LogP) is 2.53. The Balaban J connectivity index is 2.71. The second kappa shape index (κ2) is 8.39. The van der Waals surface area contributed by atoms with E-state index in [-0.39, 0.29) is 12.2 Å². The van der Waals surface area contributed by atoms with E-state index in [0.717, 1.165) is 5.69 Å². The van der Waals surface area contributed by atoms with Gasteiger partial charge in [-0.3, -0.25) is 14.6 Å². The molecule has 21 heavy (non-hydrogen) atoms. The molecule has 1 aromatic rings. The Bertz CT molecular complexity index is 435. The molecule has 0 saturated carbocycles. The first kappa shape index (κ1) is 17.1. The van der Waals surface area contributed by atoms with Crippen molar-refractivity contribution in [2.75, 3.05) is 0 Å². The highest BCUT2D eigenvalue weighted by molar-refractivity contribution is 5.95. The summed E-state index contributed by atoms with van der Waals surface area (Å²) in [6.07, 6.45) is 2.01. The van der Waals surface area contributed by atoms with Gasteiger partial charge in [-0.15, -0.1) is 0 Å². The summed E-state index contributed by atoms with van der Waals surface area (Å²) < 4.78 is 10.3. The Kier molecular flexibility index (Phi) is 6.85. The third kappa shape index (κ3) is 6.38. The summed E-state index contributed by atoms with van der Waals surface area (Å²) >= 11 is 0. The SMILES string of the molecule is CC(C)OC(=O)C(CCc1ccccn1)C(=O)OC(C)C. The molecule has 1 aromatic heterocycles. The zero-order chi connectivity index (χ0) is 15.8. The van der Waals surface area contributed by atoms with Crippen molar-refractivity contribution in [2.45, 2.75) is 52.7 Å². The van der Waals surface area contributed by atoms with E-state index in [2.05, 4.69) is 4.98 Å². The lowest BCUT2D eigenvalue weighted by atomic mass is 10.0. The zero-order valence-electron chi connectivity index (χ0n) is 13.0. The van der Waals surface area contributed by atoms with Crippen molar-refractivity contribution in [3.05, 3.63) is 30.1 Å². The first-order valence-corrected chi connectivity index (χ1v) is 7.21. The lowest BCUT2D eigenvalue weighted by Crippen LogP contribution is -2.31. The summed E-state index contributed by atoms with van der Waals surface area (Å²) in [4.78, 5) is 28.3. The van der Waals surface area contributed by atoms with E-state index < -0.39 is 17.9 Å². The van der Waals surface area contributed by atoms with Gasteiger partial charge in [0.2, 0.25) is 0 Å². The van der Waals surface area contributed by atoms with Gasteiger partial charge >= 0.3 is 11.9 Å². The van der Waals surface area contributed by atoms with Gasteiger partial charge in [-0.2, -0.15) is 0 Å². The van der Waals surface area contributed by atoms with Gasteiger partial charge in [0.1, 0.15) is 0 Å². The number of rotatable bonds is 7. The van der Waals surface area contributed by atoms with Gasteiger partial charge < -0.3 is 9.47 Å². The number of nitrogens with zero attached hydrogens (tertiary/aromatic N) is 1. The van der Waals surface area contributed by atoms with E-state index in [1.807, 2.05) is 18.2 Å². The minimum Gasteiger partial charge on any atom is -0.462 e. The number of hydrogen-bond donors (Lipinski definition) is 0.